The normalized spacial score (nSPS) is 13.7. The molecule has 0 spiro atoms. The van der Waals surface area contributed by atoms with Crippen LogP contribution >= 0.6 is 0 Å². The van der Waals surface area contributed by atoms with Crippen LogP contribution < -0.4 is 9.92 Å². The molecule has 1 aliphatic carbocycles. The number of unbranched alkanes of at least 4 members (excludes halogenated alkanes) is 1. The van der Waals surface area contributed by atoms with Gasteiger partial charge in [-0.05, 0) is 58.0 Å². The van der Waals surface area contributed by atoms with E-state index < -0.39 is 8.07 Å². The van der Waals surface area contributed by atoms with Gasteiger partial charge in [-0.25, -0.2) is 0 Å². The summed E-state index contributed by atoms with van der Waals surface area (Å²) < 4.78 is 6.00. The largest absolute Gasteiger partial charge is 0.493 e. The first-order chi connectivity index (χ1) is 15.5. The van der Waals surface area contributed by atoms with Crippen molar-refractivity contribution in [1.82, 2.24) is 0 Å². The maximum absolute atomic E-state index is 12.2. The predicted molar refractivity (Wildman–Crippen MR) is 139 cm³/mol. The zero-order valence-electron chi connectivity index (χ0n) is 21.0. The number of benzene rings is 1. The fraction of sp³-hybridized carbons (Fsp3) is 0.517. The van der Waals surface area contributed by atoms with Gasteiger partial charge in [-0.3, -0.25) is 9.59 Å². The summed E-state index contributed by atoms with van der Waals surface area (Å²) in [5, 5.41) is 1.69. The molecule has 1 heterocycles. The molecule has 3 nitrogen and oxygen atoms in total. The second kappa shape index (κ2) is 11.4. The lowest BCUT2D eigenvalue weighted by atomic mass is 10.0. The minimum absolute atomic E-state index is 0.198. The molecule has 1 aromatic rings. The second-order valence-electron chi connectivity index (χ2n) is 10.1. The van der Waals surface area contributed by atoms with Gasteiger partial charge in [0.15, 0.2) is 5.78 Å². The van der Waals surface area contributed by atoms with Crippen molar-refractivity contribution in [3.05, 3.63) is 22.8 Å². The number of carbonyl (C=O) groups excluding carboxylic acids is 2. The van der Waals surface area contributed by atoms with Gasteiger partial charge in [0.05, 0.1) is 14.7 Å². The summed E-state index contributed by atoms with van der Waals surface area (Å²) in [6.45, 7) is 14.7. The fourth-order valence-electron chi connectivity index (χ4n) is 3.88. The molecule has 0 aromatic heterocycles. The van der Waals surface area contributed by atoms with Gasteiger partial charge in [0.25, 0.3) is 0 Å². The highest BCUT2D eigenvalue weighted by Crippen LogP contribution is 2.42. The lowest BCUT2D eigenvalue weighted by Gasteiger charge is -2.39. The van der Waals surface area contributed by atoms with E-state index in [4.69, 9.17) is 11.2 Å². The van der Waals surface area contributed by atoms with Crippen molar-refractivity contribution in [3.8, 4) is 41.8 Å². The highest BCUT2D eigenvalue weighted by molar-refractivity contribution is 6.93. The zero-order valence-corrected chi connectivity index (χ0v) is 22.0. The predicted octanol–water partition coefficient (Wildman–Crippen LogP) is 5.24. The third-order valence-corrected chi connectivity index (χ3v) is 12.3. The first-order valence-electron chi connectivity index (χ1n) is 11.8. The Labute approximate surface area is 201 Å². The van der Waals surface area contributed by atoms with Crippen LogP contribution in [0.3, 0.4) is 0 Å². The molecule has 33 heavy (non-hydrogen) atoms. The van der Waals surface area contributed by atoms with E-state index in [1.54, 1.807) is 0 Å². The topological polar surface area (TPSA) is 43.4 Å². The Bertz CT molecular complexity index is 1070. The Balaban J connectivity index is 0.000000260. The van der Waals surface area contributed by atoms with Crippen molar-refractivity contribution in [3.63, 3.8) is 0 Å². The Hall–Kier alpha value is -2.74. The smallest absolute Gasteiger partial charge is 0.206 e. The molecule has 0 N–H and O–H groups in total. The fourth-order valence-corrected chi connectivity index (χ4v) is 6.44. The molecule has 2 aliphatic rings. The summed E-state index contributed by atoms with van der Waals surface area (Å²) in [7, 11) is -1.70. The van der Waals surface area contributed by atoms with Gasteiger partial charge in [-0.15, -0.1) is 6.42 Å². The van der Waals surface area contributed by atoms with Crippen molar-refractivity contribution in [2.45, 2.75) is 90.8 Å². The minimum atomic E-state index is -1.70. The van der Waals surface area contributed by atoms with Crippen LogP contribution in [0.25, 0.3) is 0 Å². The first kappa shape index (κ1) is 26.5. The molecule has 0 amide bonds. The van der Waals surface area contributed by atoms with Crippen LogP contribution in [0, 0.1) is 36.0 Å². The van der Waals surface area contributed by atoms with Gasteiger partial charge in [0, 0.05) is 37.7 Å². The highest BCUT2D eigenvalue weighted by atomic mass is 28.3. The Morgan fingerprint density at radius 2 is 1.79 bits per heavy atom. The van der Waals surface area contributed by atoms with Crippen LogP contribution in [-0.4, -0.2) is 26.2 Å². The van der Waals surface area contributed by atoms with Crippen LogP contribution in [0.1, 0.15) is 81.3 Å². The second-order valence-corrected chi connectivity index (χ2v) is 15.3. The third-order valence-electron chi connectivity index (χ3n) is 6.74. The van der Waals surface area contributed by atoms with Crippen LogP contribution in [0.15, 0.2) is 6.07 Å². The van der Waals surface area contributed by atoms with Gasteiger partial charge in [-0.1, -0.05) is 52.6 Å². The quantitative estimate of drug-likeness (QED) is 0.350. The van der Waals surface area contributed by atoms with Crippen molar-refractivity contribution in [2.24, 2.45) is 0 Å². The van der Waals surface area contributed by atoms with Gasteiger partial charge in [-0.2, -0.15) is 0 Å². The van der Waals surface area contributed by atoms with E-state index in [0.29, 0.717) is 25.0 Å². The summed E-state index contributed by atoms with van der Waals surface area (Å²) in [5.74, 6) is 14.3. The molecule has 1 aromatic carbocycles. The molecule has 174 valence electrons. The molecule has 0 fully saturated rings. The summed E-state index contributed by atoms with van der Waals surface area (Å²) in [6.07, 6.45) is 10.2. The van der Waals surface area contributed by atoms with E-state index in [1.165, 1.54) is 16.3 Å². The third kappa shape index (κ3) is 6.40. The number of carbonyl (C=O) groups is 2. The summed E-state index contributed by atoms with van der Waals surface area (Å²) in [5.41, 5.74) is 3.56. The SMILES string of the molecule is C#CC(=O)CCC#CC#CCCC.CC(C)(C)[Si](C)(C)c1c2c(cc3c1OCC3)C(=O)CC2. The number of hydrogen-bond donors (Lipinski definition) is 0. The van der Waals surface area contributed by atoms with E-state index in [-0.39, 0.29) is 10.8 Å². The minimum Gasteiger partial charge on any atom is -0.493 e. The molecule has 0 radical (unpaired) electrons. The van der Waals surface area contributed by atoms with E-state index in [0.717, 1.165) is 43.6 Å². The van der Waals surface area contributed by atoms with E-state index >= 15 is 0 Å². The molecular formula is C29H36O3Si. The number of terminal acetylenes is 1. The van der Waals surface area contributed by atoms with Crippen LogP contribution in [-0.2, 0) is 17.6 Å². The Morgan fingerprint density at radius 1 is 1.12 bits per heavy atom. The van der Waals surface area contributed by atoms with Gasteiger partial charge < -0.3 is 4.74 Å². The molecule has 0 unspecified atom stereocenters. The van der Waals surface area contributed by atoms with E-state index in [9.17, 15) is 9.59 Å². The Kier molecular flexibility index (Phi) is 9.16. The van der Waals surface area contributed by atoms with E-state index in [1.807, 2.05) is 5.92 Å². The van der Waals surface area contributed by atoms with Crippen molar-refractivity contribution in [2.75, 3.05) is 6.61 Å². The molecule has 0 atom stereocenters. The van der Waals surface area contributed by atoms with Gasteiger partial charge >= 0.3 is 0 Å². The summed E-state index contributed by atoms with van der Waals surface area (Å²) in [4.78, 5) is 22.8. The van der Waals surface area contributed by atoms with Crippen LogP contribution in [0.5, 0.6) is 5.75 Å². The molecule has 0 bridgehead atoms. The molecule has 3 rings (SSSR count). The molecule has 4 heteroatoms. The molecule has 0 saturated heterocycles. The average molecular weight is 461 g/mol. The number of ketones is 2. The maximum atomic E-state index is 12.2. The number of hydrogen-bond acceptors (Lipinski definition) is 3. The van der Waals surface area contributed by atoms with Crippen LogP contribution in [0.2, 0.25) is 18.1 Å². The summed E-state index contributed by atoms with van der Waals surface area (Å²) in [6, 6.07) is 2.11. The van der Waals surface area contributed by atoms with Crippen molar-refractivity contribution >= 4 is 24.8 Å². The zero-order chi connectivity index (χ0) is 24.6. The Morgan fingerprint density at radius 3 is 2.39 bits per heavy atom. The lowest BCUT2D eigenvalue weighted by molar-refractivity contribution is -0.113. The lowest BCUT2D eigenvalue weighted by Crippen LogP contribution is -2.51. The average Bonchev–Trinajstić information content (AvgIpc) is 3.37. The van der Waals surface area contributed by atoms with Gasteiger partial charge in [0.2, 0.25) is 5.78 Å². The monoisotopic (exact) mass is 460 g/mol. The van der Waals surface area contributed by atoms with E-state index in [2.05, 4.69) is 70.5 Å². The van der Waals surface area contributed by atoms with Crippen molar-refractivity contribution < 1.29 is 14.3 Å². The molecule has 1 aliphatic heterocycles. The standard InChI is InChI=1S/C17H24O2Si.C12H12O/c1-17(2,3)20(4,5)16-12-6-7-14(18)13(12)10-11-8-9-19-15(11)16;1-3-5-6-7-8-9-10-11-12(13)4-2/h10H,6-9H2,1-5H3;2H,3,5,10-11H2,1H3. The first-order valence-corrected chi connectivity index (χ1v) is 14.8. The number of Topliss-reactive ketones (excluding diaryl/α,β-unsaturated/α-hetero) is 2. The van der Waals surface area contributed by atoms with Crippen LogP contribution in [0.4, 0.5) is 0 Å². The molecular weight excluding hydrogens is 424 g/mol. The number of rotatable bonds is 4. The highest BCUT2D eigenvalue weighted by Gasteiger charge is 2.44. The number of fused-ring (bicyclic) bond motifs is 2. The van der Waals surface area contributed by atoms with Gasteiger partial charge in [0.1, 0.15) is 5.75 Å². The number of ether oxygens (including phenoxy) is 1. The molecule has 0 saturated carbocycles. The summed E-state index contributed by atoms with van der Waals surface area (Å²) >= 11 is 0. The van der Waals surface area contributed by atoms with Crippen molar-refractivity contribution in [1.29, 1.82) is 0 Å². The maximum Gasteiger partial charge on any atom is 0.206 e.